The molecule has 1 fully saturated rings. The van der Waals surface area contributed by atoms with Crippen molar-refractivity contribution in [3.63, 3.8) is 0 Å². The Morgan fingerprint density at radius 3 is 2.75 bits per heavy atom. The number of hydrogen-bond donors (Lipinski definition) is 5. The van der Waals surface area contributed by atoms with Gasteiger partial charge in [0.05, 0.1) is 12.9 Å². The van der Waals surface area contributed by atoms with Crippen LogP contribution in [0.4, 0.5) is 0 Å². The third-order valence-corrected chi connectivity index (χ3v) is 3.96. The van der Waals surface area contributed by atoms with Crippen LogP contribution >= 0.6 is 7.82 Å². The van der Waals surface area contributed by atoms with Crippen molar-refractivity contribution in [3.05, 3.63) is 27.2 Å². The number of H-pyrrole nitrogens is 2. The average molecular weight is 363 g/mol. The molecule has 1 saturated heterocycles. The Kier molecular flexibility index (Phi) is 4.17. The molecule has 1 aliphatic heterocycles. The summed E-state index contributed by atoms with van der Waals surface area (Å²) < 4.78 is 21.2. The maximum Gasteiger partial charge on any atom is 0.327 e. The number of aromatic nitrogens is 4. The standard InChI is InChI=1S/C10H13N4O9P/c15-5-3(1-22-24(19,20)21)23-9(6(5)16)14-2-11-4-7(14)12-10(18)13-8(4)17/h2-3,5-6,9,15-16H,1H2,(H2,19,20,21)(H2,12,13,17,18)/p-1/t3-,5-,6-,9-/m0/s1. The quantitative estimate of drug-likeness (QED) is 0.339. The lowest BCUT2D eigenvalue weighted by Crippen LogP contribution is -2.34. The number of ether oxygens (including phenoxy) is 1. The lowest BCUT2D eigenvalue weighted by atomic mass is 10.1. The zero-order chi connectivity index (χ0) is 17.6. The number of aromatic amines is 2. The van der Waals surface area contributed by atoms with E-state index >= 15 is 0 Å². The number of aliphatic hydroxyl groups is 2. The van der Waals surface area contributed by atoms with Crippen LogP contribution in [0.5, 0.6) is 0 Å². The van der Waals surface area contributed by atoms with E-state index in [0.717, 1.165) is 10.9 Å². The van der Waals surface area contributed by atoms with E-state index in [9.17, 15) is 29.3 Å². The Balaban J connectivity index is 1.92. The fourth-order valence-corrected chi connectivity index (χ4v) is 2.74. The van der Waals surface area contributed by atoms with Crippen molar-refractivity contribution in [3.8, 4) is 0 Å². The summed E-state index contributed by atoms with van der Waals surface area (Å²) in [7, 11) is -5.03. The van der Waals surface area contributed by atoms with Gasteiger partial charge in [-0.25, -0.2) is 9.78 Å². The smallest absolute Gasteiger partial charge is 0.327 e. The van der Waals surface area contributed by atoms with Gasteiger partial charge in [0.25, 0.3) is 13.4 Å². The van der Waals surface area contributed by atoms with Crippen molar-refractivity contribution in [1.29, 1.82) is 0 Å². The van der Waals surface area contributed by atoms with Gasteiger partial charge in [-0.05, 0) is 0 Å². The monoisotopic (exact) mass is 363 g/mol. The minimum atomic E-state index is -5.03. The molecule has 0 aliphatic carbocycles. The summed E-state index contributed by atoms with van der Waals surface area (Å²) in [6.07, 6.45) is -4.55. The zero-order valence-corrected chi connectivity index (χ0v) is 12.6. The molecule has 0 amide bonds. The molecule has 14 heteroatoms. The molecular formula is C10H12N4O9P-. The van der Waals surface area contributed by atoms with Crippen LogP contribution in [-0.4, -0.2) is 59.5 Å². The second-order valence-electron chi connectivity index (χ2n) is 5.07. The highest BCUT2D eigenvalue weighted by molar-refractivity contribution is 7.44. The lowest BCUT2D eigenvalue weighted by molar-refractivity contribution is -0.222. The third kappa shape index (κ3) is 3.06. The molecule has 5 atom stereocenters. The SMILES string of the molecule is O=c1[nH]c(=O)c2ncn([C@H]3O[C@@H](COP(=O)([O-])O)[C@H](O)[C@@H]3O)c2[nH]1. The van der Waals surface area contributed by atoms with E-state index in [-0.39, 0.29) is 11.2 Å². The molecule has 3 rings (SSSR count). The minimum absolute atomic E-state index is 0.0572. The number of nitrogens with zero attached hydrogens (tertiary/aromatic N) is 2. The number of fused-ring (bicyclic) bond motifs is 1. The van der Waals surface area contributed by atoms with E-state index in [2.05, 4.69) is 14.5 Å². The van der Waals surface area contributed by atoms with Gasteiger partial charge in [0.2, 0.25) is 0 Å². The van der Waals surface area contributed by atoms with Gasteiger partial charge in [0, 0.05) is 0 Å². The minimum Gasteiger partial charge on any atom is -0.756 e. The number of phosphoric ester groups is 1. The molecule has 0 spiro atoms. The number of nitrogens with one attached hydrogen (secondary N) is 2. The molecule has 1 aliphatic rings. The Bertz CT molecular complexity index is 913. The molecule has 2 aromatic rings. The van der Waals surface area contributed by atoms with E-state index in [1.807, 2.05) is 4.98 Å². The third-order valence-electron chi connectivity index (χ3n) is 3.48. The first kappa shape index (κ1) is 17.0. The number of hydrogen-bond acceptors (Lipinski definition) is 9. The Labute approximate surface area is 131 Å². The number of aliphatic hydroxyl groups excluding tert-OH is 2. The van der Waals surface area contributed by atoms with Gasteiger partial charge in [-0.1, -0.05) is 0 Å². The van der Waals surface area contributed by atoms with Gasteiger partial charge < -0.3 is 29.3 Å². The summed E-state index contributed by atoms with van der Waals surface area (Å²) in [5.74, 6) is 0. The van der Waals surface area contributed by atoms with Gasteiger partial charge in [0.1, 0.15) is 24.0 Å². The first-order valence-corrected chi connectivity index (χ1v) is 8.06. The number of imidazole rings is 1. The van der Waals surface area contributed by atoms with Crippen molar-refractivity contribution >= 4 is 19.0 Å². The fraction of sp³-hybridized carbons (Fsp3) is 0.500. The van der Waals surface area contributed by atoms with Crippen molar-refractivity contribution in [2.45, 2.75) is 24.5 Å². The predicted molar refractivity (Wildman–Crippen MR) is 72.7 cm³/mol. The van der Waals surface area contributed by atoms with Crippen LogP contribution in [0.25, 0.3) is 11.2 Å². The highest BCUT2D eigenvalue weighted by Crippen LogP contribution is 2.35. The van der Waals surface area contributed by atoms with Crippen molar-refractivity contribution in [2.75, 3.05) is 6.61 Å². The average Bonchev–Trinajstić information content (AvgIpc) is 3.00. The van der Waals surface area contributed by atoms with E-state index in [1.165, 1.54) is 0 Å². The van der Waals surface area contributed by atoms with Gasteiger partial charge in [-0.3, -0.25) is 23.9 Å². The number of phosphoric acid groups is 1. The molecule has 3 heterocycles. The predicted octanol–water partition coefficient (Wildman–Crippen LogP) is -3.49. The maximum absolute atomic E-state index is 11.6. The molecule has 0 radical (unpaired) electrons. The summed E-state index contributed by atoms with van der Waals surface area (Å²) >= 11 is 0. The van der Waals surface area contributed by atoms with E-state index in [1.54, 1.807) is 0 Å². The van der Waals surface area contributed by atoms with Crippen molar-refractivity contribution < 1.29 is 33.8 Å². The summed E-state index contributed by atoms with van der Waals surface area (Å²) in [5, 5.41) is 20.0. The highest BCUT2D eigenvalue weighted by atomic mass is 31.2. The van der Waals surface area contributed by atoms with Gasteiger partial charge in [-0.2, -0.15) is 0 Å². The fourth-order valence-electron chi connectivity index (χ4n) is 2.41. The van der Waals surface area contributed by atoms with Crippen LogP contribution in [0.15, 0.2) is 15.9 Å². The topological polar surface area (TPSA) is 203 Å². The second kappa shape index (κ2) is 5.89. The Hall–Kier alpha value is -1.86. The molecule has 2 aromatic heterocycles. The van der Waals surface area contributed by atoms with Gasteiger partial charge >= 0.3 is 5.69 Å². The Morgan fingerprint density at radius 2 is 2.08 bits per heavy atom. The van der Waals surface area contributed by atoms with Crippen LogP contribution in [0.1, 0.15) is 6.23 Å². The molecule has 0 bridgehead atoms. The van der Waals surface area contributed by atoms with Crippen LogP contribution in [0.2, 0.25) is 0 Å². The molecule has 0 saturated carbocycles. The largest absolute Gasteiger partial charge is 0.756 e. The first-order valence-electron chi connectivity index (χ1n) is 6.56. The molecule has 0 aromatic carbocycles. The maximum atomic E-state index is 11.6. The van der Waals surface area contributed by atoms with Crippen molar-refractivity contribution in [1.82, 2.24) is 19.5 Å². The summed E-state index contributed by atoms with van der Waals surface area (Å²) in [5.41, 5.74) is -1.75. The lowest BCUT2D eigenvalue weighted by Gasteiger charge is -2.20. The summed E-state index contributed by atoms with van der Waals surface area (Å²) in [6.45, 7) is -0.740. The normalized spacial score (nSPS) is 29.8. The highest BCUT2D eigenvalue weighted by Gasteiger charge is 2.44. The van der Waals surface area contributed by atoms with Crippen LogP contribution in [-0.2, 0) is 13.8 Å². The van der Waals surface area contributed by atoms with E-state index in [0.29, 0.717) is 0 Å². The molecule has 132 valence electrons. The first-order chi connectivity index (χ1) is 11.2. The van der Waals surface area contributed by atoms with Crippen LogP contribution < -0.4 is 16.1 Å². The second-order valence-corrected chi connectivity index (χ2v) is 6.26. The molecular weight excluding hydrogens is 351 g/mol. The van der Waals surface area contributed by atoms with Crippen LogP contribution in [0, 0.1) is 0 Å². The van der Waals surface area contributed by atoms with E-state index in [4.69, 9.17) is 9.63 Å². The zero-order valence-electron chi connectivity index (χ0n) is 11.7. The molecule has 1 unspecified atom stereocenters. The van der Waals surface area contributed by atoms with Gasteiger partial charge in [0.15, 0.2) is 11.7 Å². The number of rotatable bonds is 4. The Morgan fingerprint density at radius 1 is 1.38 bits per heavy atom. The van der Waals surface area contributed by atoms with Crippen molar-refractivity contribution in [2.24, 2.45) is 0 Å². The molecule has 5 N–H and O–H groups in total. The van der Waals surface area contributed by atoms with E-state index < -0.39 is 50.2 Å². The molecule has 13 nitrogen and oxygen atoms in total. The summed E-state index contributed by atoms with van der Waals surface area (Å²) in [4.78, 5) is 50.3. The van der Waals surface area contributed by atoms with Crippen LogP contribution in [0.3, 0.4) is 0 Å². The van der Waals surface area contributed by atoms with Gasteiger partial charge in [-0.15, -0.1) is 0 Å². The molecule has 24 heavy (non-hydrogen) atoms. The summed E-state index contributed by atoms with van der Waals surface area (Å²) in [6, 6.07) is 0.